The standard InChI is InChI=1S/C22H26N4O5S/c1-4-5-6-15-30-18-11-7-16(8-12-18)20(27)23-22-25-24-21(31-22)17-9-13-19(14-10-17)32(28,29)26(2)3/h7-14H,4-6,15H2,1-3H3,(H,23,25,27). The number of hydrogen-bond acceptors (Lipinski definition) is 7. The van der Waals surface area contributed by atoms with E-state index in [0.29, 0.717) is 23.5 Å². The first-order chi connectivity index (χ1) is 15.3. The smallest absolute Gasteiger partial charge is 0.322 e. The zero-order valence-electron chi connectivity index (χ0n) is 18.2. The summed E-state index contributed by atoms with van der Waals surface area (Å²) in [5.74, 6) is 0.465. The Morgan fingerprint density at radius 2 is 1.72 bits per heavy atom. The summed E-state index contributed by atoms with van der Waals surface area (Å²) in [6.45, 7) is 2.78. The molecule has 0 saturated carbocycles. The Morgan fingerprint density at radius 3 is 2.34 bits per heavy atom. The van der Waals surface area contributed by atoms with E-state index in [-0.39, 0.29) is 16.8 Å². The second-order valence-corrected chi connectivity index (χ2v) is 9.41. The molecule has 0 spiro atoms. The van der Waals surface area contributed by atoms with Crippen molar-refractivity contribution in [2.24, 2.45) is 0 Å². The van der Waals surface area contributed by atoms with Crippen molar-refractivity contribution < 1.29 is 22.4 Å². The fourth-order valence-electron chi connectivity index (χ4n) is 2.78. The van der Waals surface area contributed by atoms with Gasteiger partial charge in [0.15, 0.2) is 0 Å². The van der Waals surface area contributed by atoms with Crippen molar-refractivity contribution in [2.45, 2.75) is 31.1 Å². The van der Waals surface area contributed by atoms with E-state index >= 15 is 0 Å². The molecule has 0 aliphatic carbocycles. The van der Waals surface area contributed by atoms with Gasteiger partial charge in [0.2, 0.25) is 15.9 Å². The lowest BCUT2D eigenvalue weighted by molar-refractivity contribution is 0.102. The van der Waals surface area contributed by atoms with E-state index in [1.165, 1.54) is 26.2 Å². The van der Waals surface area contributed by atoms with Gasteiger partial charge in [0.05, 0.1) is 11.5 Å². The summed E-state index contributed by atoms with van der Waals surface area (Å²) < 4.78 is 36.6. The number of amides is 1. The third kappa shape index (κ3) is 5.71. The molecular weight excluding hydrogens is 432 g/mol. The number of carbonyl (C=O) groups is 1. The quantitative estimate of drug-likeness (QED) is 0.459. The van der Waals surface area contributed by atoms with Crippen molar-refractivity contribution in [2.75, 3.05) is 26.0 Å². The normalized spacial score (nSPS) is 11.5. The van der Waals surface area contributed by atoms with Gasteiger partial charge in [-0.2, -0.15) is 0 Å². The van der Waals surface area contributed by atoms with E-state index in [1.807, 2.05) is 0 Å². The van der Waals surface area contributed by atoms with Crippen LogP contribution >= 0.6 is 0 Å². The molecular formula is C22H26N4O5S. The number of rotatable bonds is 10. The van der Waals surface area contributed by atoms with Gasteiger partial charge in [-0.1, -0.05) is 24.9 Å². The first-order valence-corrected chi connectivity index (χ1v) is 11.7. The Kier molecular flexibility index (Phi) is 7.60. The van der Waals surface area contributed by atoms with Gasteiger partial charge in [0.1, 0.15) is 5.75 Å². The lowest BCUT2D eigenvalue weighted by Crippen LogP contribution is -2.22. The highest BCUT2D eigenvalue weighted by molar-refractivity contribution is 7.89. The number of sulfonamides is 1. The summed E-state index contributed by atoms with van der Waals surface area (Å²) >= 11 is 0. The molecule has 170 valence electrons. The molecule has 1 aromatic heterocycles. The van der Waals surface area contributed by atoms with E-state index in [0.717, 1.165) is 23.6 Å². The van der Waals surface area contributed by atoms with Crippen LogP contribution in [0.25, 0.3) is 11.5 Å². The number of anilines is 1. The van der Waals surface area contributed by atoms with Crippen molar-refractivity contribution in [3.05, 3.63) is 54.1 Å². The van der Waals surface area contributed by atoms with Crippen LogP contribution in [0.15, 0.2) is 57.8 Å². The number of nitrogens with one attached hydrogen (secondary N) is 1. The average molecular weight is 459 g/mol. The Morgan fingerprint density at radius 1 is 1.03 bits per heavy atom. The summed E-state index contributed by atoms with van der Waals surface area (Å²) in [5.41, 5.74) is 0.948. The maximum absolute atomic E-state index is 12.4. The zero-order chi connectivity index (χ0) is 23.1. The van der Waals surface area contributed by atoms with Crippen molar-refractivity contribution in [3.63, 3.8) is 0 Å². The predicted octanol–water partition coefficient (Wildman–Crippen LogP) is 3.81. The van der Waals surface area contributed by atoms with Crippen LogP contribution in [0.2, 0.25) is 0 Å². The molecule has 0 bridgehead atoms. The largest absolute Gasteiger partial charge is 0.494 e. The molecule has 0 aliphatic heterocycles. The van der Waals surface area contributed by atoms with Gasteiger partial charge in [0.25, 0.3) is 5.91 Å². The maximum Gasteiger partial charge on any atom is 0.322 e. The van der Waals surface area contributed by atoms with E-state index < -0.39 is 15.9 Å². The summed E-state index contributed by atoms with van der Waals surface area (Å²) in [4.78, 5) is 12.6. The van der Waals surface area contributed by atoms with E-state index in [9.17, 15) is 13.2 Å². The molecule has 0 atom stereocenters. The summed E-state index contributed by atoms with van der Waals surface area (Å²) in [6.07, 6.45) is 3.24. The molecule has 10 heteroatoms. The van der Waals surface area contributed by atoms with Crippen LogP contribution in [0.5, 0.6) is 5.75 Å². The Hall–Kier alpha value is -3.24. The van der Waals surface area contributed by atoms with Gasteiger partial charge in [0, 0.05) is 25.2 Å². The number of hydrogen-bond donors (Lipinski definition) is 1. The molecule has 2 aromatic carbocycles. The van der Waals surface area contributed by atoms with Crippen LogP contribution in [0.4, 0.5) is 6.01 Å². The summed E-state index contributed by atoms with van der Waals surface area (Å²) in [7, 11) is -0.602. The van der Waals surface area contributed by atoms with Crippen molar-refractivity contribution in [1.82, 2.24) is 14.5 Å². The molecule has 0 unspecified atom stereocenters. The number of nitrogens with zero attached hydrogens (tertiary/aromatic N) is 3. The van der Waals surface area contributed by atoms with Gasteiger partial charge in [-0.3, -0.25) is 10.1 Å². The lowest BCUT2D eigenvalue weighted by Gasteiger charge is -2.11. The predicted molar refractivity (Wildman–Crippen MR) is 120 cm³/mol. The molecule has 0 radical (unpaired) electrons. The number of unbranched alkanes of at least 4 members (excludes halogenated alkanes) is 2. The Balaban J connectivity index is 1.62. The topological polar surface area (TPSA) is 115 Å². The first-order valence-electron chi connectivity index (χ1n) is 10.2. The molecule has 3 aromatic rings. The molecule has 0 fully saturated rings. The molecule has 3 rings (SSSR count). The van der Waals surface area contributed by atoms with E-state index in [1.54, 1.807) is 36.4 Å². The highest BCUT2D eigenvalue weighted by atomic mass is 32.2. The van der Waals surface area contributed by atoms with E-state index in [2.05, 4.69) is 22.4 Å². The molecule has 0 aliphatic rings. The molecule has 1 amide bonds. The molecule has 32 heavy (non-hydrogen) atoms. The third-order valence-electron chi connectivity index (χ3n) is 4.66. The van der Waals surface area contributed by atoms with Gasteiger partial charge < -0.3 is 9.15 Å². The second kappa shape index (κ2) is 10.4. The average Bonchev–Trinajstić information content (AvgIpc) is 3.25. The van der Waals surface area contributed by atoms with Crippen LogP contribution in [0, 0.1) is 0 Å². The van der Waals surface area contributed by atoms with E-state index in [4.69, 9.17) is 9.15 Å². The number of carbonyl (C=O) groups excluding carboxylic acids is 1. The molecule has 1 N–H and O–H groups in total. The van der Waals surface area contributed by atoms with Gasteiger partial charge in [-0.05, 0) is 55.0 Å². The van der Waals surface area contributed by atoms with Crippen LogP contribution < -0.4 is 10.1 Å². The van der Waals surface area contributed by atoms with Crippen molar-refractivity contribution in [1.29, 1.82) is 0 Å². The minimum atomic E-state index is -3.53. The SMILES string of the molecule is CCCCCOc1ccc(C(=O)Nc2nnc(-c3ccc(S(=O)(=O)N(C)C)cc3)o2)cc1. The fraction of sp³-hybridized carbons (Fsp3) is 0.318. The highest BCUT2D eigenvalue weighted by Crippen LogP contribution is 2.23. The van der Waals surface area contributed by atoms with Crippen molar-refractivity contribution in [3.8, 4) is 17.2 Å². The minimum Gasteiger partial charge on any atom is -0.494 e. The number of benzene rings is 2. The van der Waals surface area contributed by atoms with Gasteiger partial charge in [-0.25, -0.2) is 12.7 Å². The number of aromatic nitrogens is 2. The molecule has 0 saturated heterocycles. The molecule has 1 heterocycles. The van der Waals surface area contributed by atoms with Crippen molar-refractivity contribution >= 4 is 21.9 Å². The minimum absolute atomic E-state index is 0.0603. The number of ether oxygens (including phenoxy) is 1. The van der Waals surface area contributed by atoms with Crippen LogP contribution in [0.1, 0.15) is 36.5 Å². The zero-order valence-corrected chi connectivity index (χ0v) is 19.1. The molecule has 9 nitrogen and oxygen atoms in total. The van der Waals surface area contributed by atoms with Gasteiger partial charge >= 0.3 is 6.01 Å². The third-order valence-corrected chi connectivity index (χ3v) is 6.49. The first kappa shape index (κ1) is 23.4. The second-order valence-electron chi connectivity index (χ2n) is 7.26. The Bertz CT molecular complexity index is 1140. The summed E-state index contributed by atoms with van der Waals surface area (Å²) in [6, 6.07) is 12.8. The van der Waals surface area contributed by atoms with Crippen LogP contribution in [-0.4, -0.2) is 49.5 Å². The maximum atomic E-state index is 12.4. The lowest BCUT2D eigenvalue weighted by atomic mass is 10.2. The highest BCUT2D eigenvalue weighted by Gasteiger charge is 2.18. The Labute approximate surface area is 187 Å². The monoisotopic (exact) mass is 458 g/mol. The van der Waals surface area contributed by atoms with Crippen LogP contribution in [0.3, 0.4) is 0 Å². The van der Waals surface area contributed by atoms with Gasteiger partial charge in [-0.15, -0.1) is 5.10 Å². The fourth-order valence-corrected chi connectivity index (χ4v) is 3.69. The van der Waals surface area contributed by atoms with Crippen LogP contribution in [-0.2, 0) is 10.0 Å². The summed E-state index contributed by atoms with van der Waals surface area (Å²) in [5, 5.41) is 10.3.